The molecular formula is C12H22N2O2. The van der Waals surface area contributed by atoms with E-state index in [9.17, 15) is 9.59 Å². The third-order valence-corrected chi connectivity index (χ3v) is 2.70. The van der Waals surface area contributed by atoms with Crippen LogP contribution in [0.25, 0.3) is 0 Å². The van der Waals surface area contributed by atoms with Gasteiger partial charge in [-0.25, -0.2) is 4.79 Å². The van der Waals surface area contributed by atoms with Crippen LogP contribution in [-0.4, -0.2) is 28.9 Å². The minimum absolute atomic E-state index is 0.0371. The minimum Gasteiger partial charge on any atom is -0.337 e. The molecule has 92 valence electrons. The Morgan fingerprint density at radius 1 is 1.38 bits per heavy atom. The number of amides is 3. The van der Waals surface area contributed by atoms with E-state index >= 15 is 0 Å². The number of hydrogen-bond donors (Lipinski definition) is 1. The molecule has 0 aromatic rings. The number of rotatable bonds is 2. The van der Waals surface area contributed by atoms with Gasteiger partial charge in [0.25, 0.3) is 0 Å². The van der Waals surface area contributed by atoms with E-state index in [0.717, 1.165) is 6.42 Å². The van der Waals surface area contributed by atoms with Crippen molar-refractivity contribution in [1.82, 2.24) is 10.2 Å². The van der Waals surface area contributed by atoms with Crippen molar-refractivity contribution in [3.63, 3.8) is 0 Å². The molecule has 4 nitrogen and oxygen atoms in total. The Hall–Kier alpha value is -1.06. The smallest absolute Gasteiger partial charge is 0.324 e. The van der Waals surface area contributed by atoms with Gasteiger partial charge in [0, 0.05) is 12.1 Å². The maximum atomic E-state index is 12.2. The fraction of sp³-hybridized carbons (Fsp3) is 0.833. The van der Waals surface area contributed by atoms with E-state index in [2.05, 4.69) is 19.2 Å². The monoisotopic (exact) mass is 226 g/mol. The second-order valence-electron chi connectivity index (χ2n) is 5.86. The Labute approximate surface area is 97.4 Å². The molecule has 0 aliphatic carbocycles. The van der Waals surface area contributed by atoms with Crippen LogP contribution in [0.4, 0.5) is 4.79 Å². The number of imide groups is 1. The van der Waals surface area contributed by atoms with Crippen molar-refractivity contribution in [3.8, 4) is 0 Å². The highest BCUT2D eigenvalue weighted by molar-refractivity contribution is 5.98. The minimum atomic E-state index is -0.448. The molecule has 1 aliphatic rings. The molecule has 1 fully saturated rings. The lowest BCUT2D eigenvalue weighted by molar-refractivity contribution is -0.138. The standard InChI is InChI=1S/C12H22N2O2/c1-8(2)6-9-7-13-11(16)14(10(9)15)12(3,4)5/h8-9H,6-7H2,1-5H3,(H,13,16). The summed E-state index contributed by atoms with van der Waals surface area (Å²) in [5, 5.41) is 2.79. The molecule has 0 aromatic carbocycles. The Bertz CT molecular complexity index is 292. The molecule has 1 atom stereocenters. The van der Waals surface area contributed by atoms with Gasteiger partial charge in [0.2, 0.25) is 5.91 Å². The van der Waals surface area contributed by atoms with Crippen LogP contribution in [0.1, 0.15) is 41.0 Å². The normalized spacial score (nSPS) is 22.6. The first-order valence-corrected chi connectivity index (χ1v) is 5.85. The van der Waals surface area contributed by atoms with Crippen molar-refractivity contribution >= 4 is 11.9 Å². The van der Waals surface area contributed by atoms with Crippen molar-refractivity contribution in [2.45, 2.75) is 46.6 Å². The highest BCUT2D eigenvalue weighted by Crippen LogP contribution is 2.23. The zero-order chi connectivity index (χ0) is 12.5. The first-order chi connectivity index (χ1) is 7.23. The molecule has 0 bridgehead atoms. The molecule has 1 N–H and O–H groups in total. The predicted octanol–water partition coefficient (Wildman–Crippen LogP) is 2.00. The van der Waals surface area contributed by atoms with E-state index in [1.165, 1.54) is 4.90 Å². The summed E-state index contributed by atoms with van der Waals surface area (Å²) in [5.41, 5.74) is -0.448. The van der Waals surface area contributed by atoms with Gasteiger partial charge in [0.1, 0.15) is 0 Å². The summed E-state index contributed by atoms with van der Waals surface area (Å²) >= 11 is 0. The van der Waals surface area contributed by atoms with Gasteiger partial charge < -0.3 is 5.32 Å². The summed E-state index contributed by atoms with van der Waals surface area (Å²) in [7, 11) is 0. The van der Waals surface area contributed by atoms with Gasteiger partial charge >= 0.3 is 6.03 Å². The van der Waals surface area contributed by atoms with Crippen LogP contribution in [0.5, 0.6) is 0 Å². The largest absolute Gasteiger partial charge is 0.337 e. The Morgan fingerprint density at radius 3 is 2.38 bits per heavy atom. The quantitative estimate of drug-likeness (QED) is 0.783. The molecular weight excluding hydrogens is 204 g/mol. The number of urea groups is 1. The molecule has 1 rings (SSSR count). The molecule has 1 aliphatic heterocycles. The Morgan fingerprint density at radius 2 is 1.94 bits per heavy atom. The fourth-order valence-electron chi connectivity index (χ4n) is 2.05. The maximum absolute atomic E-state index is 12.2. The molecule has 3 amide bonds. The molecule has 0 spiro atoms. The summed E-state index contributed by atoms with van der Waals surface area (Å²) in [6, 6.07) is -0.266. The van der Waals surface area contributed by atoms with Gasteiger partial charge in [0.05, 0.1) is 5.92 Å². The zero-order valence-corrected chi connectivity index (χ0v) is 10.8. The van der Waals surface area contributed by atoms with E-state index in [1.807, 2.05) is 20.8 Å². The van der Waals surface area contributed by atoms with Gasteiger partial charge in [0.15, 0.2) is 0 Å². The zero-order valence-electron chi connectivity index (χ0n) is 10.8. The van der Waals surface area contributed by atoms with Crippen molar-refractivity contribution in [2.75, 3.05) is 6.54 Å². The molecule has 0 aromatic heterocycles. The third kappa shape index (κ3) is 2.74. The van der Waals surface area contributed by atoms with Gasteiger partial charge in [-0.1, -0.05) is 13.8 Å². The first-order valence-electron chi connectivity index (χ1n) is 5.85. The molecule has 0 radical (unpaired) electrons. The predicted molar refractivity (Wildman–Crippen MR) is 62.9 cm³/mol. The van der Waals surface area contributed by atoms with E-state index < -0.39 is 5.54 Å². The lowest BCUT2D eigenvalue weighted by Crippen LogP contribution is -2.61. The van der Waals surface area contributed by atoms with Gasteiger partial charge in [-0.05, 0) is 33.1 Å². The van der Waals surface area contributed by atoms with Crippen LogP contribution in [0, 0.1) is 11.8 Å². The van der Waals surface area contributed by atoms with Crippen molar-refractivity contribution in [3.05, 3.63) is 0 Å². The third-order valence-electron chi connectivity index (χ3n) is 2.70. The summed E-state index contributed by atoms with van der Waals surface area (Å²) in [6.07, 6.45) is 0.825. The lowest BCUT2D eigenvalue weighted by atomic mass is 9.92. The van der Waals surface area contributed by atoms with E-state index in [0.29, 0.717) is 12.5 Å². The summed E-state index contributed by atoms with van der Waals surface area (Å²) in [6.45, 7) is 10.3. The van der Waals surface area contributed by atoms with Crippen LogP contribution in [0.2, 0.25) is 0 Å². The second-order valence-corrected chi connectivity index (χ2v) is 5.86. The van der Waals surface area contributed by atoms with Gasteiger partial charge in [-0.15, -0.1) is 0 Å². The van der Waals surface area contributed by atoms with Crippen molar-refractivity contribution in [1.29, 1.82) is 0 Å². The number of carbonyl (C=O) groups is 2. The first kappa shape index (κ1) is 13.0. The van der Waals surface area contributed by atoms with Crippen LogP contribution in [0.15, 0.2) is 0 Å². The van der Waals surface area contributed by atoms with E-state index in [-0.39, 0.29) is 17.9 Å². The van der Waals surface area contributed by atoms with E-state index in [4.69, 9.17) is 0 Å². The number of carbonyl (C=O) groups excluding carboxylic acids is 2. The number of hydrogen-bond acceptors (Lipinski definition) is 2. The molecule has 0 saturated carbocycles. The molecule has 4 heteroatoms. The SMILES string of the molecule is CC(C)CC1CNC(=O)N(C(C)(C)C)C1=O. The highest BCUT2D eigenvalue weighted by Gasteiger charge is 2.40. The average molecular weight is 226 g/mol. The molecule has 1 unspecified atom stereocenters. The van der Waals surface area contributed by atoms with Crippen LogP contribution >= 0.6 is 0 Å². The van der Waals surface area contributed by atoms with Crippen molar-refractivity contribution in [2.24, 2.45) is 11.8 Å². The van der Waals surface area contributed by atoms with Crippen LogP contribution in [0.3, 0.4) is 0 Å². The van der Waals surface area contributed by atoms with Crippen molar-refractivity contribution < 1.29 is 9.59 Å². The fourth-order valence-corrected chi connectivity index (χ4v) is 2.05. The number of nitrogens with zero attached hydrogens (tertiary/aromatic N) is 1. The molecule has 16 heavy (non-hydrogen) atoms. The van der Waals surface area contributed by atoms with Crippen LogP contribution in [-0.2, 0) is 4.79 Å². The van der Waals surface area contributed by atoms with E-state index in [1.54, 1.807) is 0 Å². The van der Waals surface area contributed by atoms with Gasteiger partial charge in [-0.2, -0.15) is 0 Å². The lowest BCUT2D eigenvalue weighted by Gasteiger charge is -2.40. The summed E-state index contributed by atoms with van der Waals surface area (Å²) in [5.74, 6) is 0.354. The Kier molecular flexibility index (Phi) is 3.61. The molecule has 1 saturated heterocycles. The highest BCUT2D eigenvalue weighted by atomic mass is 16.2. The summed E-state index contributed by atoms with van der Waals surface area (Å²) in [4.78, 5) is 25.2. The van der Waals surface area contributed by atoms with Gasteiger partial charge in [-0.3, -0.25) is 9.69 Å². The molecule has 1 heterocycles. The summed E-state index contributed by atoms with van der Waals surface area (Å²) < 4.78 is 0. The second kappa shape index (κ2) is 4.44. The average Bonchev–Trinajstić information content (AvgIpc) is 2.07. The maximum Gasteiger partial charge on any atom is 0.324 e. The topological polar surface area (TPSA) is 49.4 Å². The Balaban J connectivity index is 2.84. The van der Waals surface area contributed by atoms with Crippen LogP contribution < -0.4 is 5.32 Å². The number of nitrogens with one attached hydrogen (secondary N) is 1.